The van der Waals surface area contributed by atoms with Crippen molar-refractivity contribution in [2.45, 2.75) is 13.3 Å². The van der Waals surface area contributed by atoms with Crippen molar-refractivity contribution >= 4 is 13.2 Å². The average molecular weight is 384 g/mol. The molecule has 0 rings (SSSR count). The van der Waals surface area contributed by atoms with Crippen LogP contribution in [0, 0.1) is 0 Å². The summed E-state index contributed by atoms with van der Waals surface area (Å²) in [5.74, 6) is -1.09. The van der Waals surface area contributed by atoms with Crippen LogP contribution in [0.3, 0.4) is 0 Å². The predicted molar refractivity (Wildman–Crippen MR) is 100 cm³/mol. The van der Waals surface area contributed by atoms with Gasteiger partial charge in [0.25, 0.3) is 0 Å². The molecule has 0 radical (unpaired) electrons. The Bertz CT molecular complexity index is 288. The number of rotatable bonds is 16. The molecule has 152 valence electrons. The van der Waals surface area contributed by atoms with Gasteiger partial charge in [-0.25, -0.2) is 0 Å². The second-order valence-electron chi connectivity index (χ2n) is 5.91. The maximum Gasteiger partial charge on any atom is 0.0823 e. The highest BCUT2D eigenvalue weighted by Gasteiger charge is 2.23. The smallest absolute Gasteiger partial charge is 0.0823 e. The summed E-state index contributed by atoms with van der Waals surface area (Å²) in [6.45, 7) is 11.9. The largest absolute Gasteiger partial charge is 0.550 e. The van der Waals surface area contributed by atoms with Crippen LogP contribution in [0.15, 0.2) is 0 Å². The minimum atomic E-state index is -1.09. The van der Waals surface area contributed by atoms with Crippen LogP contribution in [0.5, 0.6) is 0 Å². The van der Waals surface area contributed by atoms with Crippen molar-refractivity contribution in [3.63, 3.8) is 0 Å². The Labute approximate surface area is 153 Å². The summed E-state index contributed by atoms with van der Waals surface area (Å²) in [4.78, 5) is 9.81. The van der Waals surface area contributed by atoms with E-state index >= 15 is 0 Å². The first-order valence-electron chi connectivity index (χ1n) is 8.62. The number of aliphatic carboxylic acids is 1. The lowest BCUT2D eigenvalue weighted by atomic mass is 10.5. The molecule has 0 amide bonds. The third-order valence-electron chi connectivity index (χ3n) is 3.20. The fraction of sp³-hybridized carbons (Fsp3) is 0.941. The molecule has 0 N–H and O–H groups in total. The van der Waals surface area contributed by atoms with Crippen LogP contribution < -0.4 is 5.11 Å². The van der Waals surface area contributed by atoms with E-state index in [0.717, 1.165) is 19.8 Å². The van der Waals surface area contributed by atoms with E-state index in [4.69, 9.17) is 18.9 Å². The summed E-state index contributed by atoms with van der Waals surface area (Å²) >= 11 is 0. The summed E-state index contributed by atoms with van der Waals surface area (Å²) in [7, 11) is 2.44. The fourth-order valence-electron chi connectivity index (χ4n) is 1.52. The minimum Gasteiger partial charge on any atom is -0.550 e. The number of hydrogen-bond donors (Lipinski definition) is 0. The Hall–Kier alpha value is -0.300. The third kappa shape index (κ3) is 26.0. The van der Waals surface area contributed by atoms with Gasteiger partial charge in [-0.05, 0) is 6.92 Å². The molecule has 0 aliphatic rings. The molecule has 0 fully saturated rings. The molecule has 25 heavy (non-hydrogen) atoms. The molecule has 8 heteroatoms. The van der Waals surface area contributed by atoms with Crippen LogP contribution >= 0.6 is 7.26 Å². The predicted octanol–water partition coefficient (Wildman–Crippen LogP) is 0.753. The molecule has 0 aromatic heterocycles. The first-order chi connectivity index (χ1) is 11.9. The molecule has 0 aromatic rings. The van der Waals surface area contributed by atoms with Crippen LogP contribution in [0.25, 0.3) is 0 Å². The third-order valence-corrected chi connectivity index (χ3v) is 5.99. The van der Waals surface area contributed by atoms with Crippen molar-refractivity contribution in [2.75, 3.05) is 92.7 Å². The van der Waals surface area contributed by atoms with Crippen LogP contribution in [0.2, 0.25) is 0 Å². The molecule has 0 aromatic carbocycles. The maximum absolute atomic E-state index is 9.81. The molecule has 0 atom stereocenters. The van der Waals surface area contributed by atoms with Crippen molar-refractivity contribution in [1.82, 2.24) is 0 Å². The monoisotopic (exact) mass is 384 g/mol. The maximum atomic E-state index is 9.81. The molecule has 0 heterocycles. The van der Waals surface area contributed by atoms with Gasteiger partial charge in [0.1, 0.15) is 0 Å². The van der Waals surface area contributed by atoms with Crippen molar-refractivity contribution in [3.05, 3.63) is 0 Å². The Balaban J connectivity index is 0. The lowest BCUT2D eigenvalue weighted by Crippen LogP contribution is -2.23. The summed E-state index contributed by atoms with van der Waals surface area (Å²) in [6.07, 6.45) is 2.34. The van der Waals surface area contributed by atoms with Crippen molar-refractivity contribution in [3.8, 4) is 0 Å². The van der Waals surface area contributed by atoms with E-state index in [9.17, 15) is 9.90 Å². The summed E-state index contributed by atoms with van der Waals surface area (Å²) < 4.78 is 25.3. The van der Waals surface area contributed by atoms with E-state index in [2.05, 4.69) is 18.1 Å². The number of carbonyl (C=O) groups excluding carboxylic acids is 1. The summed E-state index contributed by atoms with van der Waals surface area (Å²) in [6, 6.07) is 0. The lowest BCUT2D eigenvalue weighted by Gasteiger charge is -2.17. The van der Waals surface area contributed by atoms with Gasteiger partial charge in [0.05, 0.1) is 58.6 Å². The summed E-state index contributed by atoms with van der Waals surface area (Å²) in [5.41, 5.74) is 0. The van der Waals surface area contributed by atoms with Gasteiger partial charge in [0.15, 0.2) is 0 Å². The van der Waals surface area contributed by atoms with Gasteiger partial charge in [0, 0.05) is 53.8 Å². The van der Waals surface area contributed by atoms with E-state index in [-0.39, 0.29) is 13.0 Å². The van der Waals surface area contributed by atoms with E-state index in [1.807, 2.05) is 6.92 Å². The minimum absolute atomic E-state index is 0.0519. The zero-order chi connectivity index (χ0) is 19.4. The SMILES string of the molecule is CCOCC[P+](C)(C)CCOCCOC.COCCOCCC(=O)[O-]. The Morgan fingerprint density at radius 2 is 1.28 bits per heavy atom. The molecule has 0 bridgehead atoms. The van der Waals surface area contributed by atoms with Crippen LogP contribution in [-0.4, -0.2) is 98.7 Å². The molecular formula is C17H37O7P. The number of carbonyl (C=O) groups is 1. The topological polar surface area (TPSA) is 86.3 Å². The number of ether oxygens (including phenoxy) is 5. The van der Waals surface area contributed by atoms with E-state index < -0.39 is 13.2 Å². The van der Waals surface area contributed by atoms with E-state index in [1.54, 1.807) is 14.2 Å². The van der Waals surface area contributed by atoms with Crippen molar-refractivity contribution < 1.29 is 33.6 Å². The zero-order valence-corrected chi connectivity index (χ0v) is 17.5. The highest BCUT2D eigenvalue weighted by atomic mass is 31.2. The lowest BCUT2D eigenvalue weighted by molar-refractivity contribution is -0.306. The number of methoxy groups -OCH3 is 2. The van der Waals surface area contributed by atoms with E-state index in [1.165, 1.54) is 12.3 Å². The van der Waals surface area contributed by atoms with Crippen molar-refractivity contribution in [1.29, 1.82) is 0 Å². The zero-order valence-electron chi connectivity index (χ0n) is 16.6. The highest BCUT2D eigenvalue weighted by molar-refractivity contribution is 7.74. The number of carboxylic acids is 1. The number of hydrogen-bond acceptors (Lipinski definition) is 7. The second-order valence-corrected chi connectivity index (χ2v) is 10.7. The molecule has 7 nitrogen and oxygen atoms in total. The first kappa shape index (κ1) is 26.9. The molecule has 0 saturated carbocycles. The van der Waals surface area contributed by atoms with Crippen LogP contribution in [0.1, 0.15) is 13.3 Å². The van der Waals surface area contributed by atoms with Gasteiger partial charge in [-0.3, -0.25) is 0 Å². The Kier molecular flexibility index (Phi) is 21.6. The average Bonchev–Trinajstić information content (AvgIpc) is 2.55. The molecular weight excluding hydrogens is 347 g/mol. The highest BCUT2D eigenvalue weighted by Crippen LogP contribution is 2.50. The Morgan fingerprint density at radius 1 is 0.800 bits per heavy atom. The molecule has 0 saturated heterocycles. The van der Waals surface area contributed by atoms with Gasteiger partial charge in [-0.1, -0.05) is 0 Å². The normalized spacial score (nSPS) is 11.1. The van der Waals surface area contributed by atoms with Crippen LogP contribution in [0.4, 0.5) is 0 Å². The number of carboxylic acid groups (broad SMARTS) is 1. The van der Waals surface area contributed by atoms with Gasteiger partial charge >= 0.3 is 0 Å². The first-order valence-corrected chi connectivity index (χ1v) is 11.7. The molecule has 0 spiro atoms. The van der Waals surface area contributed by atoms with Gasteiger partial charge in [-0.2, -0.15) is 0 Å². The van der Waals surface area contributed by atoms with E-state index in [0.29, 0.717) is 26.4 Å². The second kappa shape index (κ2) is 20.0. The summed E-state index contributed by atoms with van der Waals surface area (Å²) in [5, 5.41) is 9.81. The fourth-order valence-corrected chi connectivity index (χ4v) is 2.99. The van der Waals surface area contributed by atoms with Gasteiger partial charge < -0.3 is 33.6 Å². The van der Waals surface area contributed by atoms with Gasteiger partial charge in [0.2, 0.25) is 0 Å². The standard InChI is InChI=1S/C11H26O3P.C6H12O4/c1-5-13-8-10-15(3,4)11-9-14-7-6-12-2;1-9-4-5-10-3-2-6(7)8/h5-11H2,1-4H3;2-5H2,1H3,(H,7,8)/q+1;/p-1. The molecule has 0 aliphatic heterocycles. The quantitative estimate of drug-likeness (QED) is 0.287. The molecule has 0 unspecified atom stereocenters. The van der Waals surface area contributed by atoms with Crippen molar-refractivity contribution in [2.24, 2.45) is 0 Å². The Morgan fingerprint density at radius 3 is 1.72 bits per heavy atom. The van der Waals surface area contributed by atoms with Crippen LogP contribution in [-0.2, 0) is 28.5 Å². The van der Waals surface area contributed by atoms with Gasteiger partial charge in [-0.15, -0.1) is 0 Å². The molecule has 0 aliphatic carbocycles.